The third-order valence-electron chi connectivity index (χ3n) is 3.48. The maximum atomic E-state index is 4.37. The molecule has 0 saturated carbocycles. The zero-order chi connectivity index (χ0) is 15.1. The highest BCUT2D eigenvalue weighted by Gasteiger charge is 2.27. The van der Waals surface area contributed by atoms with E-state index < -0.39 is 0 Å². The molecule has 0 aliphatic carbocycles. The Morgan fingerprint density at radius 3 is 2.57 bits per heavy atom. The van der Waals surface area contributed by atoms with Gasteiger partial charge in [-0.2, -0.15) is 0 Å². The molecule has 0 aliphatic rings. The van der Waals surface area contributed by atoms with Gasteiger partial charge in [0.15, 0.2) is 5.16 Å². The number of aromatic nitrogens is 2. The lowest BCUT2D eigenvalue weighted by molar-refractivity contribution is 0.443. The summed E-state index contributed by atoms with van der Waals surface area (Å²) < 4.78 is 0. The Bertz CT molecular complexity index is 496. The zero-order valence-corrected chi connectivity index (χ0v) is 13.9. The van der Waals surface area contributed by atoms with Crippen LogP contribution in [-0.4, -0.2) is 21.8 Å². The van der Waals surface area contributed by atoms with Crippen LogP contribution in [0, 0.1) is 5.92 Å². The van der Waals surface area contributed by atoms with Crippen molar-refractivity contribution >= 4 is 11.8 Å². The lowest BCUT2D eigenvalue weighted by Gasteiger charge is -2.30. The van der Waals surface area contributed by atoms with E-state index >= 15 is 0 Å². The Kier molecular flexibility index (Phi) is 6.33. The predicted octanol–water partition coefficient (Wildman–Crippen LogP) is 4.27. The second-order valence-corrected chi connectivity index (χ2v) is 6.73. The molecule has 2 aromatic rings. The van der Waals surface area contributed by atoms with Crippen molar-refractivity contribution in [2.24, 2.45) is 5.92 Å². The molecule has 0 radical (unpaired) electrons. The van der Waals surface area contributed by atoms with Gasteiger partial charge in [0.25, 0.3) is 0 Å². The maximum absolute atomic E-state index is 4.37. The van der Waals surface area contributed by atoms with Crippen LogP contribution in [-0.2, 0) is 0 Å². The number of nitrogens with zero attached hydrogens (tertiary/aromatic N) is 1. The normalized spacial score (nSPS) is 14.3. The summed E-state index contributed by atoms with van der Waals surface area (Å²) in [6.45, 7) is 7.80. The van der Waals surface area contributed by atoms with E-state index in [0.29, 0.717) is 17.2 Å². The summed E-state index contributed by atoms with van der Waals surface area (Å²) in [6.07, 6.45) is 4.84. The Labute approximate surface area is 132 Å². The number of hydrogen-bond donors (Lipinski definition) is 2. The molecular formula is C17H25N3S. The molecule has 0 amide bonds. The number of nitrogens with one attached hydrogen (secondary N) is 2. The molecule has 2 rings (SSSR count). The minimum absolute atomic E-state index is 0.334. The molecule has 114 valence electrons. The number of aromatic amines is 1. The Hall–Kier alpha value is -1.26. The van der Waals surface area contributed by atoms with E-state index in [1.165, 1.54) is 5.56 Å². The molecule has 3 nitrogen and oxygen atoms in total. The number of thioether (sulfide) groups is 1. The number of hydrogen-bond acceptors (Lipinski definition) is 3. The highest BCUT2D eigenvalue weighted by Crippen LogP contribution is 2.35. The van der Waals surface area contributed by atoms with Crippen LogP contribution >= 0.6 is 11.8 Å². The second kappa shape index (κ2) is 8.25. The minimum Gasteiger partial charge on any atom is -0.340 e. The molecule has 4 heteroatoms. The number of benzene rings is 1. The highest BCUT2D eigenvalue weighted by atomic mass is 32.2. The first kappa shape index (κ1) is 16.1. The smallest absolute Gasteiger partial charge is 0.165 e. The van der Waals surface area contributed by atoms with Crippen molar-refractivity contribution in [3.05, 3.63) is 48.3 Å². The van der Waals surface area contributed by atoms with Gasteiger partial charge in [-0.05, 0) is 24.4 Å². The standard InChI is InChI=1S/C17H25N3S/c1-4-10-18-15(14-8-6-5-7-9-14)16(13(2)3)21-17-19-11-12-20-17/h5-9,11-13,15-16,18H,4,10H2,1-3H3,(H,19,20). The summed E-state index contributed by atoms with van der Waals surface area (Å²) >= 11 is 1.83. The average Bonchev–Trinajstić information content (AvgIpc) is 3.00. The van der Waals surface area contributed by atoms with Gasteiger partial charge in [-0.25, -0.2) is 4.98 Å². The fraction of sp³-hybridized carbons (Fsp3) is 0.471. The average molecular weight is 303 g/mol. The van der Waals surface area contributed by atoms with E-state index in [9.17, 15) is 0 Å². The maximum Gasteiger partial charge on any atom is 0.165 e. The van der Waals surface area contributed by atoms with Gasteiger partial charge in [-0.1, -0.05) is 62.9 Å². The van der Waals surface area contributed by atoms with Gasteiger partial charge in [-0.3, -0.25) is 0 Å². The minimum atomic E-state index is 0.334. The Morgan fingerprint density at radius 2 is 2.00 bits per heavy atom. The van der Waals surface area contributed by atoms with Gasteiger partial charge in [0.05, 0.1) is 0 Å². The quantitative estimate of drug-likeness (QED) is 0.716. The molecule has 0 bridgehead atoms. The number of imidazole rings is 1. The fourth-order valence-electron chi connectivity index (χ4n) is 2.42. The summed E-state index contributed by atoms with van der Waals surface area (Å²) in [6, 6.07) is 11.1. The zero-order valence-electron chi connectivity index (χ0n) is 13.0. The van der Waals surface area contributed by atoms with E-state index in [2.05, 4.69) is 66.4 Å². The van der Waals surface area contributed by atoms with Crippen LogP contribution in [0.1, 0.15) is 38.8 Å². The first-order valence-electron chi connectivity index (χ1n) is 7.66. The van der Waals surface area contributed by atoms with Crippen molar-refractivity contribution in [1.29, 1.82) is 0 Å². The summed E-state index contributed by atoms with van der Waals surface area (Å²) in [5.74, 6) is 0.551. The van der Waals surface area contributed by atoms with Crippen molar-refractivity contribution in [1.82, 2.24) is 15.3 Å². The molecule has 0 aliphatic heterocycles. The van der Waals surface area contributed by atoms with Crippen LogP contribution < -0.4 is 5.32 Å². The summed E-state index contributed by atoms with van der Waals surface area (Å²) in [7, 11) is 0. The fourth-order valence-corrected chi connectivity index (χ4v) is 3.59. The van der Waals surface area contributed by atoms with Gasteiger partial charge >= 0.3 is 0 Å². The summed E-state index contributed by atoms with van der Waals surface area (Å²) in [5.41, 5.74) is 1.35. The van der Waals surface area contributed by atoms with Crippen molar-refractivity contribution < 1.29 is 0 Å². The summed E-state index contributed by atoms with van der Waals surface area (Å²) in [4.78, 5) is 7.58. The van der Waals surface area contributed by atoms with E-state index in [1.807, 2.05) is 24.2 Å². The Morgan fingerprint density at radius 1 is 1.24 bits per heavy atom. The largest absolute Gasteiger partial charge is 0.340 e. The van der Waals surface area contributed by atoms with Gasteiger partial charge in [0.2, 0.25) is 0 Å². The van der Waals surface area contributed by atoms with Crippen LogP contribution in [0.15, 0.2) is 47.9 Å². The third kappa shape index (κ3) is 4.61. The van der Waals surface area contributed by atoms with Crippen molar-refractivity contribution in [2.45, 2.75) is 43.6 Å². The molecule has 2 N–H and O–H groups in total. The van der Waals surface area contributed by atoms with E-state index in [0.717, 1.165) is 18.1 Å². The molecule has 2 unspecified atom stereocenters. The Balaban J connectivity index is 2.22. The molecule has 1 aromatic heterocycles. The molecule has 0 fully saturated rings. The van der Waals surface area contributed by atoms with Gasteiger partial charge < -0.3 is 10.3 Å². The van der Waals surface area contributed by atoms with E-state index in [4.69, 9.17) is 0 Å². The van der Waals surface area contributed by atoms with E-state index in [1.54, 1.807) is 0 Å². The van der Waals surface area contributed by atoms with Crippen LogP contribution in [0.4, 0.5) is 0 Å². The number of rotatable bonds is 8. The van der Waals surface area contributed by atoms with Crippen molar-refractivity contribution in [3.63, 3.8) is 0 Å². The van der Waals surface area contributed by atoms with Crippen LogP contribution in [0.5, 0.6) is 0 Å². The van der Waals surface area contributed by atoms with Crippen LogP contribution in [0.2, 0.25) is 0 Å². The second-order valence-electron chi connectivity index (χ2n) is 5.56. The topological polar surface area (TPSA) is 40.7 Å². The van der Waals surface area contributed by atoms with Crippen LogP contribution in [0.25, 0.3) is 0 Å². The summed E-state index contributed by atoms with van der Waals surface area (Å²) in [5, 5.41) is 5.15. The first-order chi connectivity index (χ1) is 10.2. The van der Waals surface area contributed by atoms with E-state index in [-0.39, 0.29) is 0 Å². The van der Waals surface area contributed by atoms with Gasteiger partial charge in [0.1, 0.15) is 0 Å². The lowest BCUT2D eigenvalue weighted by atomic mass is 9.96. The monoisotopic (exact) mass is 303 g/mol. The molecule has 0 spiro atoms. The molecular weight excluding hydrogens is 278 g/mol. The highest BCUT2D eigenvalue weighted by molar-refractivity contribution is 7.99. The lowest BCUT2D eigenvalue weighted by Crippen LogP contribution is -2.34. The van der Waals surface area contributed by atoms with Gasteiger partial charge in [0, 0.05) is 23.7 Å². The van der Waals surface area contributed by atoms with Crippen molar-refractivity contribution in [3.8, 4) is 0 Å². The van der Waals surface area contributed by atoms with Gasteiger partial charge in [-0.15, -0.1) is 0 Å². The van der Waals surface area contributed by atoms with Crippen LogP contribution in [0.3, 0.4) is 0 Å². The van der Waals surface area contributed by atoms with Crippen molar-refractivity contribution in [2.75, 3.05) is 6.54 Å². The molecule has 1 aromatic carbocycles. The molecule has 1 heterocycles. The first-order valence-corrected chi connectivity index (χ1v) is 8.54. The molecule has 2 atom stereocenters. The molecule has 0 saturated heterocycles. The predicted molar refractivity (Wildman–Crippen MR) is 90.5 cm³/mol. The third-order valence-corrected chi connectivity index (χ3v) is 5.01. The number of H-pyrrole nitrogens is 1. The molecule has 21 heavy (non-hydrogen) atoms. The SMILES string of the molecule is CCCNC(c1ccccc1)C(Sc1ncc[nH]1)C(C)C.